The van der Waals surface area contributed by atoms with Crippen molar-refractivity contribution >= 4 is 46.4 Å². The molecule has 0 saturated heterocycles. The zero-order valence-corrected chi connectivity index (χ0v) is 33.6. The minimum Gasteiger partial charge on any atom is -0.487 e. The number of hydrogen-bond donors (Lipinski definition) is 2. The van der Waals surface area contributed by atoms with E-state index in [9.17, 15) is 0 Å². The molecule has 10 rings (SSSR count). The van der Waals surface area contributed by atoms with Crippen molar-refractivity contribution in [3.63, 3.8) is 0 Å². The average Bonchev–Trinajstić information content (AvgIpc) is 4.15. The lowest BCUT2D eigenvalue weighted by Gasteiger charge is -2.15. The topological polar surface area (TPSA) is 104 Å². The van der Waals surface area contributed by atoms with Gasteiger partial charge in [-0.25, -0.2) is 9.97 Å². The van der Waals surface area contributed by atoms with Gasteiger partial charge < -0.3 is 33.7 Å². The maximum absolute atomic E-state index is 6.39. The third kappa shape index (κ3) is 8.14. The highest BCUT2D eigenvalue weighted by molar-refractivity contribution is 5.99. The molecule has 3 aliphatic rings. The van der Waals surface area contributed by atoms with E-state index in [0.717, 1.165) is 89.4 Å². The Morgan fingerprint density at radius 3 is 1.07 bits per heavy atom. The second-order valence-electron chi connectivity index (χ2n) is 14.8. The fourth-order valence-electron chi connectivity index (χ4n) is 8.09. The van der Waals surface area contributed by atoms with Crippen molar-refractivity contribution in [2.24, 2.45) is 0 Å². The summed E-state index contributed by atoms with van der Waals surface area (Å²) >= 11 is 0. The van der Waals surface area contributed by atoms with Crippen molar-refractivity contribution in [1.29, 1.82) is 0 Å². The van der Waals surface area contributed by atoms with E-state index in [1.165, 1.54) is 0 Å². The molecule has 0 fully saturated rings. The molecular formula is C52H44N4O5. The molecule has 0 atom stereocenters. The summed E-state index contributed by atoms with van der Waals surface area (Å²) in [5.74, 6) is 1.23. The number of aromatic amines is 2. The number of hydrogen-bond acceptors (Lipinski definition) is 7. The summed E-state index contributed by atoms with van der Waals surface area (Å²) < 4.78 is 29.7. The Hall–Kier alpha value is -7.04. The van der Waals surface area contributed by atoms with Crippen LogP contribution in [0.5, 0.6) is 11.5 Å². The van der Waals surface area contributed by atoms with Crippen LogP contribution in [0.3, 0.4) is 0 Å². The van der Waals surface area contributed by atoms with Gasteiger partial charge in [-0.05, 0) is 83.0 Å². The van der Waals surface area contributed by atoms with Gasteiger partial charge in [0, 0.05) is 44.3 Å². The lowest BCUT2D eigenvalue weighted by Crippen LogP contribution is -2.13. The molecule has 61 heavy (non-hydrogen) atoms. The van der Waals surface area contributed by atoms with E-state index in [4.69, 9.17) is 33.7 Å². The molecule has 9 heteroatoms. The second kappa shape index (κ2) is 17.7. The monoisotopic (exact) mass is 804 g/mol. The summed E-state index contributed by atoms with van der Waals surface area (Å²) in [6, 6.07) is 45.9. The van der Waals surface area contributed by atoms with Gasteiger partial charge in [-0.15, -0.1) is 0 Å². The fraction of sp³-hybridized carbons (Fsp3) is 0.154. The molecule has 2 N–H and O–H groups in total. The Labute approximate surface area is 354 Å². The van der Waals surface area contributed by atoms with Gasteiger partial charge in [0.25, 0.3) is 0 Å². The first-order valence-electron chi connectivity index (χ1n) is 20.7. The molecule has 3 aliphatic heterocycles. The number of fused-ring (bicyclic) bond motifs is 9. The van der Waals surface area contributed by atoms with Crippen molar-refractivity contribution in [3.05, 3.63) is 156 Å². The van der Waals surface area contributed by atoms with Gasteiger partial charge in [0.1, 0.15) is 13.2 Å². The van der Waals surface area contributed by atoms with E-state index in [2.05, 4.69) is 137 Å². The van der Waals surface area contributed by atoms with E-state index in [-0.39, 0.29) is 0 Å². The maximum atomic E-state index is 6.39. The quantitative estimate of drug-likeness (QED) is 0.183. The molecule has 302 valence electrons. The molecule has 0 aliphatic carbocycles. The standard InChI is InChI=1S/C52H44N4O5/c1-4-10-35(11-5-1)49-39-17-19-41(53-39)50(36-12-6-2-7-13-36)43-21-23-45(55-43)52(38-16-25-47-48(34-38)61-33-31-59-29-27-57-26-28-58-30-32-60-47)46-24-22-44(56-46)51(37-14-8-3-9-15-37)42-20-18-40(49)54-42/h1-25,34,53,56H,26-33H2. The highest BCUT2D eigenvalue weighted by Crippen LogP contribution is 2.40. The van der Waals surface area contributed by atoms with Crippen molar-refractivity contribution in [1.82, 2.24) is 19.9 Å². The summed E-state index contributed by atoms with van der Waals surface area (Å²) in [5, 5.41) is 0. The van der Waals surface area contributed by atoms with Crippen LogP contribution in [-0.4, -0.2) is 72.8 Å². The van der Waals surface area contributed by atoms with Crippen molar-refractivity contribution < 1.29 is 23.7 Å². The summed E-state index contributed by atoms with van der Waals surface area (Å²) in [6.07, 6.45) is 8.45. The molecular weight excluding hydrogens is 761 g/mol. The molecule has 0 unspecified atom stereocenters. The van der Waals surface area contributed by atoms with Gasteiger partial charge in [-0.1, -0.05) is 97.1 Å². The number of rotatable bonds is 4. The van der Waals surface area contributed by atoms with Gasteiger partial charge >= 0.3 is 0 Å². The molecule has 7 aromatic rings. The van der Waals surface area contributed by atoms with Crippen LogP contribution < -0.4 is 9.47 Å². The molecule has 4 aromatic carbocycles. The average molecular weight is 805 g/mol. The Kier molecular flexibility index (Phi) is 11.1. The molecule has 6 heterocycles. The van der Waals surface area contributed by atoms with Crippen LogP contribution in [0.25, 0.3) is 90.9 Å². The smallest absolute Gasteiger partial charge is 0.161 e. The van der Waals surface area contributed by atoms with E-state index >= 15 is 0 Å². The third-order valence-electron chi connectivity index (χ3n) is 10.9. The Bertz CT molecular complexity index is 2860. The van der Waals surface area contributed by atoms with Gasteiger partial charge in [0.05, 0.1) is 62.4 Å². The lowest BCUT2D eigenvalue weighted by atomic mass is 10.0. The first-order valence-corrected chi connectivity index (χ1v) is 20.7. The number of H-pyrrole nitrogens is 2. The molecule has 0 saturated carbocycles. The number of aromatic nitrogens is 4. The molecule has 8 bridgehead atoms. The largest absolute Gasteiger partial charge is 0.487 e. The Balaban J connectivity index is 1.25. The van der Waals surface area contributed by atoms with Gasteiger partial charge in [0.15, 0.2) is 11.5 Å². The minimum absolute atomic E-state index is 0.345. The van der Waals surface area contributed by atoms with Crippen LogP contribution in [0.15, 0.2) is 133 Å². The number of benzene rings is 4. The Morgan fingerprint density at radius 2 is 0.672 bits per heavy atom. The first kappa shape index (κ1) is 38.2. The summed E-state index contributed by atoms with van der Waals surface area (Å²) in [7, 11) is 0. The van der Waals surface area contributed by atoms with Crippen LogP contribution in [0.1, 0.15) is 22.8 Å². The van der Waals surface area contributed by atoms with Crippen LogP contribution in [0.2, 0.25) is 0 Å². The van der Waals surface area contributed by atoms with Gasteiger partial charge in [-0.2, -0.15) is 0 Å². The highest BCUT2D eigenvalue weighted by atomic mass is 16.6. The summed E-state index contributed by atoms with van der Waals surface area (Å²) in [6.45, 7) is 3.53. The summed E-state index contributed by atoms with van der Waals surface area (Å²) in [4.78, 5) is 18.5. The van der Waals surface area contributed by atoms with Crippen LogP contribution in [0, 0.1) is 0 Å². The second-order valence-corrected chi connectivity index (χ2v) is 14.8. The molecule has 3 aromatic heterocycles. The maximum Gasteiger partial charge on any atom is 0.161 e. The van der Waals surface area contributed by atoms with Crippen molar-refractivity contribution in [3.8, 4) is 56.0 Å². The van der Waals surface area contributed by atoms with E-state index in [1.807, 2.05) is 30.3 Å². The Morgan fingerprint density at radius 1 is 0.328 bits per heavy atom. The van der Waals surface area contributed by atoms with Crippen LogP contribution in [0.4, 0.5) is 0 Å². The van der Waals surface area contributed by atoms with Crippen molar-refractivity contribution in [2.75, 3.05) is 52.9 Å². The fourth-order valence-corrected chi connectivity index (χ4v) is 8.09. The zero-order valence-electron chi connectivity index (χ0n) is 33.6. The predicted octanol–water partition coefficient (Wildman–Crippen LogP) is 11.1. The van der Waals surface area contributed by atoms with Crippen LogP contribution >= 0.6 is 0 Å². The zero-order chi connectivity index (χ0) is 40.8. The number of nitrogens with zero attached hydrogens (tertiary/aromatic N) is 2. The number of nitrogens with one attached hydrogen (secondary N) is 2. The predicted molar refractivity (Wildman–Crippen MR) is 244 cm³/mol. The van der Waals surface area contributed by atoms with Crippen LogP contribution in [-0.2, 0) is 14.2 Å². The van der Waals surface area contributed by atoms with Gasteiger partial charge in [0.2, 0.25) is 0 Å². The minimum atomic E-state index is 0.345. The number of ether oxygens (including phenoxy) is 5. The highest BCUT2D eigenvalue weighted by Gasteiger charge is 2.20. The third-order valence-corrected chi connectivity index (χ3v) is 10.9. The molecule has 0 amide bonds. The van der Waals surface area contributed by atoms with Gasteiger partial charge in [-0.3, -0.25) is 0 Å². The van der Waals surface area contributed by atoms with Crippen molar-refractivity contribution in [2.45, 2.75) is 0 Å². The molecule has 9 nitrogen and oxygen atoms in total. The molecule has 0 spiro atoms. The lowest BCUT2D eigenvalue weighted by molar-refractivity contribution is 0.00708. The van der Waals surface area contributed by atoms with E-state index in [1.54, 1.807) is 0 Å². The normalized spacial score (nSPS) is 14.6. The van der Waals surface area contributed by atoms with E-state index in [0.29, 0.717) is 64.4 Å². The SMILES string of the molecule is C1=Cc2nc1c(-c1ccccc1)c1ccc([nH]1)c(-c1ccccc1)c1nc(c(-c3ccc4c(c3)OCCOCCOCCOCCO4)c3ccc([nH]3)c2-c2ccccc2)C=C1. The molecule has 0 radical (unpaired) electrons. The summed E-state index contributed by atoms with van der Waals surface area (Å²) in [5.41, 5.74) is 15.1. The van der Waals surface area contributed by atoms with E-state index < -0.39 is 0 Å². The first-order chi connectivity index (χ1) is 30.3.